The highest BCUT2D eigenvalue weighted by molar-refractivity contribution is 5.80. The lowest BCUT2D eigenvalue weighted by atomic mass is 9.83. The molecule has 272 valence electrons. The maximum Gasteiger partial charge on any atom is 0.249 e. The van der Waals surface area contributed by atoms with Crippen LogP contribution in [0.5, 0.6) is 0 Å². The number of nitrogens with two attached hydrogens (primary N) is 5. The number of aliphatic hydroxyl groups is 7. The van der Waals surface area contributed by atoms with Crippen molar-refractivity contribution in [1.29, 1.82) is 0 Å². The number of hydrogen-bond acceptors (Lipinski definition) is 18. The standard InChI is InChI=1S/C26H50N8O13/c1-32-14-17(39)21-11(43-24(14)47-25-19(41)16(38)13(34-26(30)31)12(6-35)44-25)5-8(29)23(46-21)45-20-7(28)4-9(15(37)18(20)40)33-22(42)10(36)2-3-27/h7-21,23-25,32,35-41H,2-6,27-29H2,1H3,(H,33,42)(H4,30,31,34)/t7-,8+,9+,10-,11-,12+,13+,14-,15-,16-,17+,18+,19+,20+,21-,23-,24+,25+/m0/s1. The smallest absolute Gasteiger partial charge is 0.249 e. The van der Waals surface area contributed by atoms with E-state index in [1.54, 1.807) is 0 Å². The van der Waals surface area contributed by atoms with Gasteiger partial charge in [0, 0.05) is 6.04 Å². The van der Waals surface area contributed by atoms with Crippen LogP contribution in [0, 0.1) is 0 Å². The molecule has 21 nitrogen and oxygen atoms in total. The van der Waals surface area contributed by atoms with Crippen molar-refractivity contribution in [3.8, 4) is 0 Å². The fourth-order valence-corrected chi connectivity index (χ4v) is 6.41. The van der Waals surface area contributed by atoms with Crippen LogP contribution < -0.4 is 39.3 Å². The van der Waals surface area contributed by atoms with Crippen LogP contribution in [-0.2, 0) is 28.5 Å². The summed E-state index contributed by atoms with van der Waals surface area (Å²) in [6.07, 6.45) is -17.2. The van der Waals surface area contributed by atoms with E-state index in [2.05, 4.69) is 15.6 Å². The molecular weight excluding hydrogens is 632 g/mol. The van der Waals surface area contributed by atoms with Crippen molar-refractivity contribution in [1.82, 2.24) is 10.6 Å². The van der Waals surface area contributed by atoms with Crippen LogP contribution in [-0.4, -0.2) is 178 Å². The monoisotopic (exact) mass is 682 g/mol. The maximum absolute atomic E-state index is 12.2. The molecule has 0 spiro atoms. The number of rotatable bonds is 11. The van der Waals surface area contributed by atoms with Gasteiger partial charge in [-0.2, -0.15) is 0 Å². The zero-order valence-corrected chi connectivity index (χ0v) is 25.8. The molecule has 1 amide bonds. The van der Waals surface area contributed by atoms with Gasteiger partial charge in [0.2, 0.25) is 5.91 Å². The lowest BCUT2D eigenvalue weighted by Gasteiger charge is -2.51. The zero-order chi connectivity index (χ0) is 34.7. The van der Waals surface area contributed by atoms with Gasteiger partial charge in [-0.1, -0.05) is 0 Å². The third-order valence-electron chi connectivity index (χ3n) is 8.98. The first-order chi connectivity index (χ1) is 22.2. The number of fused-ring (bicyclic) bond motifs is 1. The van der Waals surface area contributed by atoms with Gasteiger partial charge in [0.15, 0.2) is 24.8 Å². The first kappa shape index (κ1) is 37.9. The van der Waals surface area contributed by atoms with Crippen molar-refractivity contribution in [3.05, 3.63) is 0 Å². The molecule has 4 aliphatic rings. The topological polar surface area (TPSA) is 371 Å². The van der Waals surface area contributed by atoms with Gasteiger partial charge in [-0.3, -0.25) is 4.79 Å². The second kappa shape index (κ2) is 16.2. The molecule has 0 aromatic rings. The second-order valence-electron chi connectivity index (χ2n) is 12.3. The van der Waals surface area contributed by atoms with Gasteiger partial charge >= 0.3 is 0 Å². The van der Waals surface area contributed by atoms with E-state index < -0.39 is 123 Å². The number of likely N-dealkylation sites (N-methyl/N-ethyl adjacent to an activating group) is 1. The predicted molar refractivity (Wildman–Crippen MR) is 158 cm³/mol. The fraction of sp³-hybridized carbons (Fsp3) is 0.923. The average molecular weight is 683 g/mol. The molecule has 19 N–H and O–H groups in total. The van der Waals surface area contributed by atoms with Gasteiger partial charge in [0.05, 0.1) is 30.8 Å². The van der Waals surface area contributed by atoms with Gasteiger partial charge in [-0.25, -0.2) is 4.99 Å². The van der Waals surface area contributed by atoms with E-state index in [-0.39, 0.29) is 31.8 Å². The Balaban J connectivity index is 1.39. The minimum Gasteiger partial charge on any atom is -0.394 e. The Bertz CT molecular complexity index is 1060. The van der Waals surface area contributed by atoms with Crippen molar-refractivity contribution in [2.45, 2.75) is 129 Å². The summed E-state index contributed by atoms with van der Waals surface area (Å²) >= 11 is 0. The summed E-state index contributed by atoms with van der Waals surface area (Å²) in [6.45, 7) is -0.547. The van der Waals surface area contributed by atoms with Crippen LogP contribution in [0.25, 0.3) is 0 Å². The molecule has 3 heterocycles. The number of carbonyl (C=O) groups is 1. The number of aliphatic hydroxyl groups excluding tert-OH is 7. The number of nitrogens with one attached hydrogen (secondary N) is 2. The number of carbonyl (C=O) groups excluding carboxylic acids is 1. The SMILES string of the molecule is CN[C@@H]1[C@@H](O[C@H]2O[C@H](CO)[C@@H](N=C(N)N)[C@H](O)[C@H]2O)O[C@H]2C[C@@H](N)[C@@H](O[C@H]3[C@H](O)[C@@H](O)[C@H](NC(=O)[C@@H](O)CCN)C[C@@H]3N)O[C@@H]2[C@@H]1O. The number of hydrogen-bond donors (Lipinski definition) is 14. The molecule has 0 unspecified atom stereocenters. The highest BCUT2D eigenvalue weighted by Gasteiger charge is 2.54. The minimum atomic E-state index is -1.67. The van der Waals surface area contributed by atoms with Crippen molar-refractivity contribution >= 4 is 11.9 Å². The molecule has 0 aromatic carbocycles. The molecule has 4 rings (SSSR count). The van der Waals surface area contributed by atoms with E-state index in [0.29, 0.717) is 0 Å². The molecule has 0 aromatic heterocycles. The molecule has 1 saturated carbocycles. The molecule has 18 atom stereocenters. The third kappa shape index (κ3) is 8.29. The summed E-state index contributed by atoms with van der Waals surface area (Å²) in [6, 6.07) is -4.93. The Hall–Kier alpha value is -1.90. The summed E-state index contributed by atoms with van der Waals surface area (Å²) in [7, 11) is 1.51. The molecule has 3 saturated heterocycles. The fourth-order valence-electron chi connectivity index (χ4n) is 6.41. The summed E-state index contributed by atoms with van der Waals surface area (Å²) in [5.74, 6) is -1.15. The normalized spacial score (nSPS) is 46.2. The van der Waals surface area contributed by atoms with E-state index in [9.17, 15) is 40.5 Å². The van der Waals surface area contributed by atoms with Gasteiger partial charge in [0.1, 0.15) is 61.0 Å². The van der Waals surface area contributed by atoms with E-state index in [1.165, 1.54) is 7.05 Å². The average Bonchev–Trinajstić information content (AvgIpc) is 3.02. The molecule has 0 radical (unpaired) electrons. The van der Waals surface area contributed by atoms with Crippen LogP contribution >= 0.6 is 0 Å². The summed E-state index contributed by atoms with van der Waals surface area (Å²) < 4.78 is 29.6. The number of nitrogens with zero attached hydrogens (tertiary/aromatic N) is 1. The molecule has 47 heavy (non-hydrogen) atoms. The number of ether oxygens (including phenoxy) is 5. The molecular formula is C26H50N8O13. The molecule has 1 aliphatic carbocycles. The predicted octanol–water partition coefficient (Wildman–Crippen LogP) is -8.77. The van der Waals surface area contributed by atoms with E-state index in [0.717, 1.165) is 0 Å². The van der Waals surface area contributed by atoms with Crippen LogP contribution in [0.2, 0.25) is 0 Å². The molecule has 0 bridgehead atoms. The lowest BCUT2D eigenvalue weighted by Crippen LogP contribution is -2.70. The van der Waals surface area contributed by atoms with Crippen molar-refractivity contribution in [2.24, 2.45) is 33.7 Å². The molecule has 21 heteroatoms. The summed E-state index contributed by atoms with van der Waals surface area (Å²) in [5.41, 5.74) is 28.8. The van der Waals surface area contributed by atoms with E-state index in [1.807, 2.05) is 0 Å². The number of amides is 1. The Kier molecular flexibility index (Phi) is 13.1. The van der Waals surface area contributed by atoms with Gasteiger partial charge in [0.25, 0.3) is 0 Å². The van der Waals surface area contributed by atoms with Crippen molar-refractivity contribution in [2.75, 3.05) is 20.2 Å². The minimum absolute atomic E-state index is 0.00956. The second-order valence-corrected chi connectivity index (χ2v) is 12.3. The first-order valence-electron chi connectivity index (χ1n) is 15.5. The lowest BCUT2D eigenvalue weighted by molar-refractivity contribution is -0.373. The molecule has 3 aliphatic heterocycles. The Morgan fingerprint density at radius 2 is 1.62 bits per heavy atom. The van der Waals surface area contributed by atoms with Crippen LogP contribution in [0.15, 0.2) is 4.99 Å². The zero-order valence-electron chi connectivity index (χ0n) is 25.8. The van der Waals surface area contributed by atoms with Gasteiger partial charge < -0.3 is 98.7 Å². The first-order valence-corrected chi connectivity index (χ1v) is 15.5. The Morgan fingerprint density at radius 3 is 2.23 bits per heavy atom. The number of aliphatic imine (C=N–C) groups is 1. The highest BCUT2D eigenvalue weighted by Crippen LogP contribution is 2.36. The maximum atomic E-state index is 12.2. The largest absolute Gasteiger partial charge is 0.394 e. The van der Waals surface area contributed by atoms with Crippen LogP contribution in [0.4, 0.5) is 0 Å². The highest BCUT2D eigenvalue weighted by atomic mass is 16.8. The van der Waals surface area contributed by atoms with Gasteiger partial charge in [-0.15, -0.1) is 0 Å². The molecule has 4 fully saturated rings. The van der Waals surface area contributed by atoms with Gasteiger partial charge in [-0.05, 0) is 32.9 Å². The van der Waals surface area contributed by atoms with Crippen molar-refractivity contribution < 1.29 is 64.2 Å². The Morgan fingerprint density at radius 1 is 0.915 bits per heavy atom. The van der Waals surface area contributed by atoms with E-state index >= 15 is 0 Å². The summed E-state index contributed by atoms with van der Waals surface area (Å²) in [5, 5.41) is 79.2. The quantitative estimate of drug-likeness (QED) is 0.0710. The van der Waals surface area contributed by atoms with Crippen LogP contribution in [0.1, 0.15) is 19.3 Å². The van der Waals surface area contributed by atoms with E-state index in [4.69, 9.17) is 52.4 Å². The van der Waals surface area contributed by atoms with Crippen molar-refractivity contribution in [3.63, 3.8) is 0 Å². The third-order valence-corrected chi connectivity index (χ3v) is 8.98. The summed E-state index contributed by atoms with van der Waals surface area (Å²) in [4.78, 5) is 16.1. The van der Waals surface area contributed by atoms with Crippen LogP contribution in [0.3, 0.4) is 0 Å². The Labute approximate surface area is 270 Å². The number of guanidine groups is 1.